The van der Waals surface area contributed by atoms with Gasteiger partial charge in [0, 0.05) is 0 Å². The minimum Gasteiger partial charge on any atom is -0.494 e. The van der Waals surface area contributed by atoms with Crippen molar-refractivity contribution >= 4 is 23.6 Å². The first-order valence-corrected chi connectivity index (χ1v) is 8.53. The number of nitrogens with one attached hydrogen (secondary N) is 1. The second-order valence-electron chi connectivity index (χ2n) is 5.75. The molecule has 2 aromatic rings. The van der Waals surface area contributed by atoms with E-state index in [9.17, 15) is 20.0 Å². The van der Waals surface area contributed by atoms with Gasteiger partial charge in [-0.1, -0.05) is 37.6 Å². The summed E-state index contributed by atoms with van der Waals surface area (Å²) in [5.74, 6) is -1.11. The van der Waals surface area contributed by atoms with Crippen molar-refractivity contribution in [2.75, 3.05) is 11.9 Å². The van der Waals surface area contributed by atoms with Crippen LogP contribution >= 0.6 is 0 Å². The fourth-order valence-corrected chi connectivity index (χ4v) is 2.28. The topological polar surface area (TPSA) is 99.4 Å². The van der Waals surface area contributed by atoms with Gasteiger partial charge in [0.15, 0.2) is 0 Å². The molecule has 0 aliphatic rings. The Bertz CT molecular complexity index is 880. The highest BCUT2D eigenvalue weighted by Gasteiger charge is 2.14. The molecule has 0 radical (unpaired) electrons. The maximum Gasteiger partial charge on any atom is 0.337 e. The lowest BCUT2D eigenvalue weighted by atomic mass is 10.1. The third-order valence-corrected chi connectivity index (χ3v) is 3.73. The average molecular weight is 364 g/mol. The van der Waals surface area contributed by atoms with Crippen LogP contribution < -0.4 is 10.1 Å². The molecule has 138 valence electrons. The van der Waals surface area contributed by atoms with E-state index in [2.05, 4.69) is 12.2 Å². The largest absolute Gasteiger partial charge is 0.494 e. The molecule has 2 N–H and O–H groups in total. The van der Waals surface area contributed by atoms with Crippen LogP contribution in [0.2, 0.25) is 0 Å². The highest BCUT2D eigenvalue weighted by molar-refractivity contribution is 6.11. The summed E-state index contributed by atoms with van der Waals surface area (Å²) in [5, 5.41) is 20.9. The molecule has 0 aromatic heterocycles. The molecule has 0 saturated carbocycles. The molecule has 0 saturated heterocycles. The van der Waals surface area contributed by atoms with E-state index in [1.165, 1.54) is 18.2 Å². The summed E-state index contributed by atoms with van der Waals surface area (Å²) in [7, 11) is 0. The van der Waals surface area contributed by atoms with Crippen LogP contribution in [0.5, 0.6) is 5.75 Å². The van der Waals surface area contributed by atoms with Crippen molar-refractivity contribution in [3.8, 4) is 11.8 Å². The number of carboxylic acid groups (broad SMARTS) is 1. The van der Waals surface area contributed by atoms with Crippen molar-refractivity contribution in [2.45, 2.75) is 19.8 Å². The Morgan fingerprint density at radius 3 is 2.52 bits per heavy atom. The monoisotopic (exact) mass is 364 g/mol. The van der Waals surface area contributed by atoms with Crippen molar-refractivity contribution in [3.05, 3.63) is 65.2 Å². The number of carboxylic acids is 1. The van der Waals surface area contributed by atoms with Gasteiger partial charge < -0.3 is 15.2 Å². The van der Waals surface area contributed by atoms with Crippen molar-refractivity contribution < 1.29 is 19.4 Å². The molecular weight excluding hydrogens is 344 g/mol. The van der Waals surface area contributed by atoms with Crippen molar-refractivity contribution in [1.29, 1.82) is 5.26 Å². The predicted molar refractivity (Wildman–Crippen MR) is 102 cm³/mol. The van der Waals surface area contributed by atoms with Crippen LogP contribution in [0.3, 0.4) is 0 Å². The molecule has 2 aromatic carbocycles. The molecular formula is C21H20N2O4. The Labute approximate surface area is 157 Å². The Morgan fingerprint density at radius 2 is 1.89 bits per heavy atom. The normalized spacial score (nSPS) is 10.7. The highest BCUT2D eigenvalue weighted by Crippen LogP contribution is 2.18. The number of ether oxygens (including phenoxy) is 1. The third kappa shape index (κ3) is 5.72. The summed E-state index contributed by atoms with van der Waals surface area (Å²) in [5.41, 5.74) is 0.624. The lowest BCUT2D eigenvalue weighted by Crippen LogP contribution is -2.16. The van der Waals surface area contributed by atoms with E-state index >= 15 is 0 Å². The smallest absolute Gasteiger partial charge is 0.337 e. The van der Waals surface area contributed by atoms with Crippen LogP contribution in [-0.4, -0.2) is 23.6 Å². The number of nitrogens with zero attached hydrogens (tertiary/aromatic N) is 1. The van der Waals surface area contributed by atoms with E-state index in [1.54, 1.807) is 36.4 Å². The Balaban J connectivity index is 2.13. The average Bonchev–Trinajstić information content (AvgIpc) is 2.67. The number of hydrogen-bond donors (Lipinski definition) is 2. The first-order chi connectivity index (χ1) is 13.0. The summed E-state index contributed by atoms with van der Waals surface area (Å²) in [6, 6.07) is 14.9. The number of hydrogen-bond acceptors (Lipinski definition) is 4. The van der Waals surface area contributed by atoms with Crippen LogP contribution in [0.15, 0.2) is 54.1 Å². The molecule has 0 atom stereocenters. The van der Waals surface area contributed by atoms with Crippen molar-refractivity contribution in [2.24, 2.45) is 0 Å². The lowest BCUT2D eigenvalue weighted by molar-refractivity contribution is -0.112. The quantitative estimate of drug-likeness (QED) is 0.417. The number of amides is 1. The first-order valence-electron chi connectivity index (χ1n) is 8.53. The lowest BCUT2D eigenvalue weighted by Gasteiger charge is -2.08. The van der Waals surface area contributed by atoms with Gasteiger partial charge >= 0.3 is 5.97 Å². The van der Waals surface area contributed by atoms with Gasteiger partial charge in [0.1, 0.15) is 17.4 Å². The minimum absolute atomic E-state index is 0.0447. The molecule has 0 unspecified atom stereocenters. The van der Waals surface area contributed by atoms with Crippen molar-refractivity contribution in [1.82, 2.24) is 0 Å². The molecule has 6 nitrogen and oxygen atoms in total. The molecule has 6 heteroatoms. The van der Waals surface area contributed by atoms with Crippen LogP contribution in [0, 0.1) is 11.3 Å². The SMILES string of the molecule is CCCCOc1ccc(/C=C(\C#N)C(=O)Nc2ccccc2C(=O)O)cc1. The van der Waals surface area contributed by atoms with Gasteiger partial charge in [-0.25, -0.2) is 4.79 Å². The molecule has 0 aliphatic heterocycles. The minimum atomic E-state index is -1.16. The fraction of sp³-hybridized carbons (Fsp3) is 0.190. The number of rotatable bonds is 8. The number of para-hydroxylation sites is 1. The zero-order valence-corrected chi connectivity index (χ0v) is 14.9. The summed E-state index contributed by atoms with van der Waals surface area (Å²) >= 11 is 0. The van der Waals surface area contributed by atoms with E-state index in [4.69, 9.17) is 4.74 Å². The summed E-state index contributed by atoms with van der Waals surface area (Å²) in [4.78, 5) is 23.6. The first kappa shape index (κ1) is 19.7. The number of benzene rings is 2. The zero-order chi connectivity index (χ0) is 19.6. The van der Waals surface area contributed by atoms with Gasteiger partial charge in [0.2, 0.25) is 0 Å². The molecule has 0 bridgehead atoms. The van der Waals surface area contributed by atoms with Crippen LogP contribution in [0.1, 0.15) is 35.7 Å². The van der Waals surface area contributed by atoms with Gasteiger partial charge in [-0.05, 0) is 42.3 Å². The molecule has 0 spiro atoms. The van der Waals surface area contributed by atoms with Crippen LogP contribution in [0.25, 0.3) is 6.08 Å². The highest BCUT2D eigenvalue weighted by atomic mass is 16.5. The van der Waals surface area contributed by atoms with Gasteiger partial charge in [-0.3, -0.25) is 4.79 Å². The molecule has 2 rings (SSSR count). The predicted octanol–water partition coefficient (Wildman–Crippen LogP) is 4.11. The van der Waals surface area contributed by atoms with Crippen molar-refractivity contribution in [3.63, 3.8) is 0 Å². The van der Waals surface area contributed by atoms with E-state index in [1.807, 2.05) is 6.07 Å². The van der Waals surface area contributed by atoms with E-state index in [-0.39, 0.29) is 16.8 Å². The molecule has 0 fully saturated rings. The number of carbonyl (C=O) groups excluding carboxylic acids is 1. The number of unbranched alkanes of at least 4 members (excludes halogenated alkanes) is 1. The molecule has 27 heavy (non-hydrogen) atoms. The number of nitriles is 1. The van der Waals surface area contributed by atoms with Crippen LogP contribution in [-0.2, 0) is 4.79 Å². The van der Waals surface area contributed by atoms with Crippen LogP contribution in [0.4, 0.5) is 5.69 Å². The van der Waals surface area contributed by atoms with E-state index < -0.39 is 11.9 Å². The fourth-order valence-electron chi connectivity index (χ4n) is 2.28. The summed E-state index contributed by atoms with van der Waals surface area (Å²) in [6.45, 7) is 2.72. The van der Waals surface area contributed by atoms with Gasteiger partial charge in [0.05, 0.1) is 17.9 Å². The van der Waals surface area contributed by atoms with E-state index in [0.717, 1.165) is 18.6 Å². The van der Waals surface area contributed by atoms with Gasteiger partial charge in [-0.15, -0.1) is 0 Å². The molecule has 0 aliphatic carbocycles. The van der Waals surface area contributed by atoms with Gasteiger partial charge in [-0.2, -0.15) is 5.26 Å². The second-order valence-corrected chi connectivity index (χ2v) is 5.75. The third-order valence-electron chi connectivity index (χ3n) is 3.73. The summed E-state index contributed by atoms with van der Waals surface area (Å²) < 4.78 is 5.57. The molecule has 0 heterocycles. The number of anilines is 1. The molecule has 1 amide bonds. The maximum atomic E-state index is 12.3. The number of aromatic carboxylic acids is 1. The Morgan fingerprint density at radius 1 is 1.19 bits per heavy atom. The standard InChI is InChI=1S/C21H20N2O4/c1-2-3-12-27-17-10-8-15(9-11-17)13-16(14-22)20(24)23-19-7-5-4-6-18(19)21(25)26/h4-11,13H,2-3,12H2,1H3,(H,23,24)(H,25,26)/b16-13+. The Hall–Kier alpha value is -3.59. The maximum absolute atomic E-state index is 12.3. The number of carbonyl (C=O) groups is 2. The Kier molecular flexibility index (Phi) is 7.15. The van der Waals surface area contributed by atoms with E-state index in [0.29, 0.717) is 12.2 Å². The second kappa shape index (κ2) is 9.78. The summed E-state index contributed by atoms with van der Waals surface area (Å²) in [6.07, 6.45) is 3.46. The van der Waals surface area contributed by atoms with Gasteiger partial charge in [0.25, 0.3) is 5.91 Å². The zero-order valence-electron chi connectivity index (χ0n) is 14.9.